The third kappa shape index (κ3) is 5.59. The number of carbonyl (C=O) groups excluding carboxylic acids is 2. The lowest BCUT2D eigenvalue weighted by molar-refractivity contribution is -0.127. The Balaban J connectivity index is 1.26. The van der Waals surface area contributed by atoms with Crippen LogP contribution in [0.1, 0.15) is 48.9 Å². The molecule has 1 saturated heterocycles. The van der Waals surface area contributed by atoms with E-state index in [1.54, 1.807) is 18.2 Å². The molecule has 3 aromatic rings. The minimum atomic E-state index is -3.78. The van der Waals surface area contributed by atoms with Crippen LogP contribution in [-0.2, 0) is 14.8 Å². The zero-order valence-corrected chi connectivity index (χ0v) is 21.9. The Morgan fingerprint density at radius 1 is 0.816 bits per heavy atom. The number of hydrogen-bond donors (Lipinski definition) is 2. The molecule has 7 nitrogen and oxygen atoms in total. The molecule has 0 spiro atoms. The predicted molar refractivity (Wildman–Crippen MR) is 143 cm³/mol. The van der Waals surface area contributed by atoms with Crippen molar-refractivity contribution in [2.45, 2.75) is 55.5 Å². The van der Waals surface area contributed by atoms with Crippen LogP contribution in [0.2, 0.25) is 0 Å². The van der Waals surface area contributed by atoms with Crippen molar-refractivity contribution < 1.29 is 22.4 Å². The summed E-state index contributed by atoms with van der Waals surface area (Å²) in [6.45, 7) is 0.492. The summed E-state index contributed by atoms with van der Waals surface area (Å²) in [6, 6.07) is 17.5. The largest absolute Gasteiger partial charge is 0.351 e. The van der Waals surface area contributed by atoms with Crippen LogP contribution in [0, 0.1) is 11.7 Å². The molecule has 2 aliphatic rings. The lowest BCUT2D eigenvalue weighted by atomic mass is 9.89. The van der Waals surface area contributed by atoms with E-state index in [9.17, 15) is 22.4 Å². The SMILES string of the molecule is O=C(N[C@@H]1CCCC[C@H]1NC(=O)[C@@H]1CCCN(S(=O)(=O)c2cccc3ccccc23)C1)c1ccc(F)cc1. The molecule has 0 unspecified atom stereocenters. The van der Waals surface area contributed by atoms with Gasteiger partial charge in [0.25, 0.3) is 5.91 Å². The highest BCUT2D eigenvalue weighted by Gasteiger charge is 2.36. The summed E-state index contributed by atoms with van der Waals surface area (Å²) in [6.07, 6.45) is 4.51. The second kappa shape index (κ2) is 11.2. The highest BCUT2D eigenvalue weighted by atomic mass is 32.2. The van der Waals surface area contributed by atoms with E-state index < -0.39 is 21.8 Å². The number of halogens is 1. The third-order valence-electron chi connectivity index (χ3n) is 7.64. The Labute approximate surface area is 222 Å². The van der Waals surface area contributed by atoms with E-state index in [4.69, 9.17) is 0 Å². The van der Waals surface area contributed by atoms with Crippen molar-refractivity contribution in [3.8, 4) is 0 Å². The number of sulfonamides is 1. The molecule has 3 aromatic carbocycles. The Bertz CT molecular complexity index is 1420. The number of carbonyl (C=O) groups is 2. The second-order valence-electron chi connectivity index (χ2n) is 10.2. The average molecular weight is 538 g/mol. The van der Waals surface area contributed by atoms with Gasteiger partial charge in [0.1, 0.15) is 5.82 Å². The van der Waals surface area contributed by atoms with Crippen LogP contribution in [0.4, 0.5) is 4.39 Å². The summed E-state index contributed by atoms with van der Waals surface area (Å²) in [5, 5.41) is 7.64. The fourth-order valence-electron chi connectivity index (χ4n) is 5.56. The highest BCUT2D eigenvalue weighted by molar-refractivity contribution is 7.89. The Kier molecular flexibility index (Phi) is 7.76. The number of rotatable bonds is 6. The number of nitrogens with zero attached hydrogens (tertiary/aromatic N) is 1. The van der Waals surface area contributed by atoms with Crippen LogP contribution in [0.25, 0.3) is 10.8 Å². The molecule has 1 saturated carbocycles. The highest BCUT2D eigenvalue weighted by Crippen LogP contribution is 2.29. The Hall–Kier alpha value is -3.30. The second-order valence-corrected chi connectivity index (χ2v) is 12.1. The van der Waals surface area contributed by atoms with Gasteiger partial charge in [-0.15, -0.1) is 0 Å². The van der Waals surface area contributed by atoms with Gasteiger partial charge in [0.15, 0.2) is 0 Å². The molecule has 200 valence electrons. The molecule has 0 aromatic heterocycles. The minimum Gasteiger partial charge on any atom is -0.351 e. The molecule has 1 heterocycles. The molecule has 0 bridgehead atoms. The third-order valence-corrected chi connectivity index (χ3v) is 9.56. The number of hydrogen-bond acceptors (Lipinski definition) is 4. The van der Waals surface area contributed by atoms with Gasteiger partial charge >= 0.3 is 0 Å². The predicted octanol–water partition coefficient (Wildman–Crippen LogP) is 4.24. The molecule has 1 aliphatic carbocycles. The smallest absolute Gasteiger partial charge is 0.251 e. The maximum absolute atomic E-state index is 13.6. The van der Waals surface area contributed by atoms with Crippen molar-refractivity contribution in [1.29, 1.82) is 0 Å². The van der Waals surface area contributed by atoms with Crippen LogP contribution < -0.4 is 10.6 Å². The number of piperidine rings is 1. The van der Waals surface area contributed by atoms with Crippen molar-refractivity contribution in [3.63, 3.8) is 0 Å². The van der Waals surface area contributed by atoms with Crippen LogP contribution >= 0.6 is 0 Å². The maximum Gasteiger partial charge on any atom is 0.251 e. The van der Waals surface area contributed by atoms with Gasteiger partial charge in [-0.05, 0) is 61.4 Å². The molecule has 1 aliphatic heterocycles. The summed E-state index contributed by atoms with van der Waals surface area (Å²) in [5.41, 5.74) is 0.364. The monoisotopic (exact) mass is 537 g/mol. The fourth-order valence-corrected chi connectivity index (χ4v) is 7.30. The van der Waals surface area contributed by atoms with E-state index in [-0.39, 0.29) is 35.3 Å². The number of benzene rings is 3. The van der Waals surface area contributed by atoms with Crippen molar-refractivity contribution in [1.82, 2.24) is 14.9 Å². The van der Waals surface area contributed by atoms with E-state index in [1.165, 1.54) is 28.6 Å². The van der Waals surface area contributed by atoms with E-state index in [0.29, 0.717) is 30.3 Å². The van der Waals surface area contributed by atoms with Crippen molar-refractivity contribution in [3.05, 3.63) is 78.1 Å². The van der Waals surface area contributed by atoms with E-state index in [2.05, 4.69) is 10.6 Å². The maximum atomic E-state index is 13.6. The molecule has 2 amide bonds. The zero-order chi connectivity index (χ0) is 26.7. The van der Waals surface area contributed by atoms with Gasteiger partial charge in [0, 0.05) is 36.1 Å². The molecule has 3 atom stereocenters. The Morgan fingerprint density at radius 3 is 2.26 bits per heavy atom. The summed E-state index contributed by atoms with van der Waals surface area (Å²) < 4.78 is 41.9. The van der Waals surface area contributed by atoms with E-state index in [1.807, 2.05) is 24.3 Å². The van der Waals surface area contributed by atoms with Crippen LogP contribution in [0.3, 0.4) is 0 Å². The van der Waals surface area contributed by atoms with Crippen LogP contribution in [0.5, 0.6) is 0 Å². The first-order valence-electron chi connectivity index (χ1n) is 13.2. The van der Waals surface area contributed by atoms with Crippen LogP contribution in [-0.4, -0.2) is 49.7 Å². The van der Waals surface area contributed by atoms with E-state index in [0.717, 1.165) is 31.1 Å². The van der Waals surface area contributed by atoms with Gasteiger partial charge in [-0.2, -0.15) is 4.31 Å². The van der Waals surface area contributed by atoms with Crippen molar-refractivity contribution in [2.75, 3.05) is 13.1 Å². The van der Waals surface area contributed by atoms with Gasteiger partial charge in [-0.3, -0.25) is 9.59 Å². The number of fused-ring (bicyclic) bond motifs is 1. The van der Waals surface area contributed by atoms with Crippen LogP contribution in [0.15, 0.2) is 71.6 Å². The summed E-state index contributed by atoms with van der Waals surface area (Å²) in [4.78, 5) is 26.3. The number of nitrogens with one attached hydrogen (secondary N) is 2. The molecule has 2 fully saturated rings. The summed E-state index contributed by atoms with van der Waals surface area (Å²) in [7, 11) is -3.78. The minimum absolute atomic E-state index is 0.122. The van der Waals surface area contributed by atoms with E-state index >= 15 is 0 Å². The molecule has 9 heteroatoms. The van der Waals surface area contributed by atoms with Gasteiger partial charge in [-0.1, -0.05) is 49.2 Å². The first-order chi connectivity index (χ1) is 18.3. The lowest BCUT2D eigenvalue weighted by Crippen LogP contribution is -2.55. The summed E-state index contributed by atoms with van der Waals surface area (Å²) in [5.74, 6) is -1.37. The quantitative estimate of drug-likeness (QED) is 0.492. The Morgan fingerprint density at radius 2 is 1.50 bits per heavy atom. The lowest BCUT2D eigenvalue weighted by Gasteiger charge is -2.36. The normalized spacial score (nSPS) is 22.6. The topological polar surface area (TPSA) is 95.6 Å². The van der Waals surface area contributed by atoms with Gasteiger partial charge in [-0.25, -0.2) is 12.8 Å². The number of amides is 2. The molecular formula is C29H32FN3O4S. The van der Waals surface area contributed by atoms with Crippen molar-refractivity contribution in [2.24, 2.45) is 5.92 Å². The molecular weight excluding hydrogens is 505 g/mol. The molecule has 2 N–H and O–H groups in total. The van der Waals surface area contributed by atoms with Crippen molar-refractivity contribution >= 4 is 32.6 Å². The summed E-state index contributed by atoms with van der Waals surface area (Å²) >= 11 is 0. The molecule has 38 heavy (non-hydrogen) atoms. The van der Waals surface area contributed by atoms with Gasteiger partial charge in [0.05, 0.1) is 10.8 Å². The zero-order valence-electron chi connectivity index (χ0n) is 21.1. The first-order valence-corrected chi connectivity index (χ1v) is 14.6. The molecule has 5 rings (SSSR count). The fraction of sp³-hybridized carbons (Fsp3) is 0.379. The van der Waals surface area contributed by atoms with Gasteiger partial charge < -0.3 is 10.6 Å². The van der Waals surface area contributed by atoms with Gasteiger partial charge in [0.2, 0.25) is 15.9 Å². The average Bonchev–Trinajstić information content (AvgIpc) is 2.94. The standard InChI is InChI=1S/C29H32FN3O4S/c30-23-16-14-21(15-17-23)28(34)31-25-11-3-4-12-26(25)32-29(35)22-9-6-18-33(19-22)38(36,37)27-13-5-8-20-7-1-2-10-24(20)27/h1-2,5,7-8,10,13-17,22,25-26H,3-4,6,9,11-12,18-19H2,(H,31,34)(H,32,35)/t22-,25-,26-/m1/s1. The first kappa shape index (κ1) is 26.3. The molecule has 0 radical (unpaired) electrons.